The molecule has 0 fully saturated rings. The van der Waals surface area contributed by atoms with Crippen LogP contribution in [0.2, 0.25) is 0 Å². The molecular formula is C19H39N2O9P. The lowest BCUT2D eigenvalue weighted by Gasteiger charge is -2.12. The van der Waals surface area contributed by atoms with Gasteiger partial charge in [-0.2, -0.15) is 0 Å². The zero-order chi connectivity index (χ0) is 24.1. The Morgan fingerprint density at radius 2 is 1.52 bits per heavy atom. The van der Waals surface area contributed by atoms with E-state index < -0.39 is 45.3 Å². The summed E-state index contributed by atoms with van der Waals surface area (Å²) in [6.07, 6.45) is 7.10. The lowest BCUT2D eigenvalue weighted by atomic mass is 10.1. The van der Waals surface area contributed by atoms with Crippen LogP contribution in [-0.4, -0.2) is 53.8 Å². The number of carbonyl (C=O) groups excluding carboxylic acids is 2. The number of amides is 1. The first-order valence-electron chi connectivity index (χ1n) is 10.5. The number of carboxylic acid groups (broad SMARTS) is 1. The number of nitrogens with one attached hydrogen (secondary N) is 1. The Balaban J connectivity index is 0. The van der Waals surface area contributed by atoms with Gasteiger partial charge in [0.2, 0.25) is 6.79 Å². The largest absolute Gasteiger partial charge is 0.480 e. The number of nitrogens with two attached hydrogens (primary N) is 1. The zero-order valence-corrected chi connectivity index (χ0v) is 19.7. The van der Waals surface area contributed by atoms with Crippen molar-refractivity contribution in [2.45, 2.75) is 84.6 Å². The van der Waals surface area contributed by atoms with Gasteiger partial charge in [0.25, 0.3) is 0 Å². The number of alkyl carbamates (subject to hydrolysis) is 1. The van der Waals surface area contributed by atoms with E-state index in [1.807, 2.05) is 19.2 Å². The maximum atomic E-state index is 11.5. The Labute approximate surface area is 184 Å². The summed E-state index contributed by atoms with van der Waals surface area (Å²) in [7, 11) is -4.28. The van der Waals surface area contributed by atoms with E-state index >= 15 is 0 Å². The second-order valence-electron chi connectivity index (χ2n) is 7.17. The van der Waals surface area contributed by atoms with Crippen molar-refractivity contribution in [3.8, 4) is 0 Å². The van der Waals surface area contributed by atoms with Crippen molar-refractivity contribution in [2.24, 2.45) is 5.73 Å². The minimum Gasteiger partial charge on any atom is -0.480 e. The highest BCUT2D eigenvalue weighted by Gasteiger charge is 2.22. The molecule has 0 saturated carbocycles. The molecule has 12 heteroatoms. The van der Waals surface area contributed by atoms with Crippen LogP contribution in [0.15, 0.2) is 0 Å². The number of carbonyl (C=O) groups is 3. The predicted molar refractivity (Wildman–Crippen MR) is 115 cm³/mol. The Bertz CT molecular complexity index is 542. The third kappa shape index (κ3) is 28.3. The van der Waals surface area contributed by atoms with Crippen LogP contribution in [0.1, 0.15) is 78.6 Å². The van der Waals surface area contributed by atoms with E-state index in [0.717, 1.165) is 19.3 Å². The zero-order valence-electron chi connectivity index (χ0n) is 18.8. The summed E-state index contributed by atoms with van der Waals surface area (Å²) in [5.74, 6) is -1.92. The summed E-state index contributed by atoms with van der Waals surface area (Å²) in [6, 6.07) is 0.333. The van der Waals surface area contributed by atoms with Crippen molar-refractivity contribution >= 4 is 25.6 Å². The van der Waals surface area contributed by atoms with Crippen molar-refractivity contribution in [3.63, 3.8) is 0 Å². The molecule has 0 aromatic heterocycles. The average Bonchev–Trinajstić information content (AvgIpc) is 2.67. The van der Waals surface area contributed by atoms with Gasteiger partial charge in [-0.3, -0.25) is 13.9 Å². The molecule has 0 aliphatic rings. The summed E-state index contributed by atoms with van der Waals surface area (Å²) in [5, 5.41) is 10.3. The van der Waals surface area contributed by atoms with Crippen LogP contribution in [0.3, 0.4) is 0 Å². The smallest absolute Gasteiger partial charge is 0.410 e. The van der Waals surface area contributed by atoms with Crippen molar-refractivity contribution in [1.82, 2.24) is 5.32 Å². The highest BCUT2D eigenvalue weighted by atomic mass is 31.2. The van der Waals surface area contributed by atoms with Crippen molar-refractivity contribution in [2.75, 3.05) is 19.7 Å². The van der Waals surface area contributed by atoms with E-state index in [-0.39, 0.29) is 6.42 Å². The number of unbranched alkanes of at least 4 members (excludes halogenated alkanes) is 7. The quantitative estimate of drug-likeness (QED) is 0.113. The molecule has 11 nitrogen and oxygen atoms in total. The molecule has 0 radical (unpaired) electrons. The summed E-state index contributed by atoms with van der Waals surface area (Å²) in [5.41, 5.74) is 5.11. The van der Waals surface area contributed by atoms with Gasteiger partial charge < -0.3 is 30.5 Å². The van der Waals surface area contributed by atoms with E-state index in [4.69, 9.17) is 15.6 Å². The average molecular weight is 471 g/mol. The summed E-state index contributed by atoms with van der Waals surface area (Å²) in [4.78, 5) is 42.2. The molecule has 0 aromatic carbocycles. The molecule has 0 aromatic rings. The monoisotopic (exact) mass is 470 g/mol. The highest BCUT2D eigenvalue weighted by Crippen LogP contribution is 2.39. The van der Waals surface area contributed by atoms with Crippen LogP contribution >= 0.6 is 7.60 Å². The topological polar surface area (TPSA) is 174 Å². The molecule has 0 saturated heterocycles. The van der Waals surface area contributed by atoms with Gasteiger partial charge in [-0.25, -0.2) is 9.59 Å². The fourth-order valence-corrected chi connectivity index (χ4v) is 2.77. The molecular weight excluding hydrogens is 431 g/mol. The second-order valence-corrected chi connectivity index (χ2v) is 9.02. The number of hydrogen-bond acceptors (Lipinski definition) is 8. The predicted octanol–water partition coefficient (Wildman–Crippen LogP) is 3.34. The fraction of sp³-hybridized carbons (Fsp3) is 0.842. The molecule has 1 amide bonds. The van der Waals surface area contributed by atoms with E-state index in [9.17, 15) is 23.8 Å². The normalized spacial score (nSPS) is 12.3. The Hall–Kier alpha value is -1.68. The number of carboxylic acids is 1. The second kappa shape index (κ2) is 20.2. The molecule has 31 heavy (non-hydrogen) atoms. The Kier molecular flexibility index (Phi) is 20.6. The van der Waals surface area contributed by atoms with Crippen LogP contribution in [0.4, 0.5) is 4.79 Å². The molecule has 1 atom stereocenters. The Morgan fingerprint density at radius 3 is 2.03 bits per heavy atom. The van der Waals surface area contributed by atoms with E-state index in [2.05, 4.69) is 16.2 Å². The van der Waals surface area contributed by atoms with E-state index in [0.29, 0.717) is 12.5 Å². The van der Waals surface area contributed by atoms with Gasteiger partial charge in [0.15, 0.2) is 6.61 Å². The SMILES string of the molecule is CC(C)N.CCCCCCCCCCC(=O)OCOC(=O)NCP(=O)(O)OCC(=O)O. The molecule has 1 unspecified atom stereocenters. The van der Waals surface area contributed by atoms with Crippen LogP contribution in [0, 0.1) is 0 Å². The van der Waals surface area contributed by atoms with Crippen molar-refractivity contribution < 1.29 is 42.9 Å². The van der Waals surface area contributed by atoms with Crippen LogP contribution in [0.25, 0.3) is 0 Å². The third-order valence-corrected chi connectivity index (χ3v) is 4.55. The summed E-state index contributed by atoms with van der Waals surface area (Å²) >= 11 is 0. The minimum absolute atomic E-state index is 0.231. The molecule has 5 N–H and O–H groups in total. The van der Waals surface area contributed by atoms with Crippen LogP contribution < -0.4 is 11.1 Å². The van der Waals surface area contributed by atoms with Gasteiger partial charge in [0.1, 0.15) is 6.29 Å². The number of hydrogen-bond donors (Lipinski definition) is 4. The lowest BCUT2D eigenvalue weighted by molar-refractivity contribution is -0.152. The van der Waals surface area contributed by atoms with Crippen molar-refractivity contribution in [1.29, 1.82) is 0 Å². The summed E-state index contributed by atoms with van der Waals surface area (Å²) < 4.78 is 24.8. The number of ether oxygens (including phenoxy) is 2. The first kappa shape index (κ1) is 31.5. The van der Waals surface area contributed by atoms with Gasteiger partial charge in [0.05, 0.1) is 0 Å². The van der Waals surface area contributed by atoms with Crippen LogP contribution in [-0.2, 0) is 28.2 Å². The first-order valence-corrected chi connectivity index (χ1v) is 12.3. The standard InChI is InChI=1S/C16H30NO9P.C3H9N/c1-2-3-4-5-6-7-8-9-10-15(20)24-13-25-16(21)17-12-27(22,23)26-11-14(18)19;1-3(2)4/h2-13H2,1H3,(H,17,21)(H,18,19)(H,22,23);3H,4H2,1-2H3. The molecule has 0 aliphatic heterocycles. The number of aliphatic carboxylic acids is 1. The molecule has 0 spiro atoms. The van der Waals surface area contributed by atoms with E-state index in [1.54, 1.807) is 0 Å². The minimum atomic E-state index is -4.28. The number of esters is 1. The van der Waals surface area contributed by atoms with Crippen molar-refractivity contribution in [3.05, 3.63) is 0 Å². The maximum absolute atomic E-state index is 11.5. The van der Waals surface area contributed by atoms with Gasteiger partial charge >= 0.3 is 25.6 Å². The first-order chi connectivity index (χ1) is 14.5. The molecule has 0 bridgehead atoms. The van der Waals surface area contributed by atoms with Crippen LogP contribution in [0.5, 0.6) is 0 Å². The number of rotatable bonds is 16. The maximum Gasteiger partial charge on any atom is 0.410 e. The lowest BCUT2D eigenvalue weighted by Crippen LogP contribution is -2.27. The fourth-order valence-electron chi connectivity index (χ4n) is 2.04. The Morgan fingerprint density at radius 1 is 1.00 bits per heavy atom. The molecule has 0 heterocycles. The summed E-state index contributed by atoms with van der Waals surface area (Å²) in [6.45, 7) is 4.47. The van der Waals surface area contributed by atoms with Gasteiger partial charge in [-0.15, -0.1) is 0 Å². The van der Waals surface area contributed by atoms with E-state index in [1.165, 1.54) is 25.7 Å². The molecule has 184 valence electrons. The molecule has 0 aliphatic carbocycles. The van der Waals surface area contributed by atoms with Gasteiger partial charge in [0, 0.05) is 6.42 Å². The van der Waals surface area contributed by atoms with Gasteiger partial charge in [-0.1, -0.05) is 65.7 Å². The highest BCUT2D eigenvalue weighted by molar-refractivity contribution is 7.52. The third-order valence-electron chi connectivity index (χ3n) is 3.46. The van der Waals surface area contributed by atoms with Gasteiger partial charge in [-0.05, 0) is 12.5 Å². The molecule has 0 rings (SSSR count).